The number of hydrogen-bond acceptors (Lipinski definition) is 2. The summed E-state index contributed by atoms with van der Waals surface area (Å²) in [7, 11) is 0. The first-order valence-corrected chi connectivity index (χ1v) is 8.42. The van der Waals surface area contributed by atoms with Crippen molar-refractivity contribution in [3.63, 3.8) is 0 Å². The highest BCUT2D eigenvalue weighted by Crippen LogP contribution is 2.33. The molecular weight excluding hydrogens is 298 g/mol. The number of rotatable bonds is 2. The van der Waals surface area contributed by atoms with E-state index >= 15 is 0 Å². The van der Waals surface area contributed by atoms with Gasteiger partial charge >= 0.3 is 0 Å². The number of para-hydroxylation sites is 1. The molecule has 1 atom stereocenters. The lowest BCUT2D eigenvalue weighted by atomic mass is 10.0. The molecule has 3 nitrogen and oxygen atoms in total. The molecule has 0 aliphatic carbocycles. The van der Waals surface area contributed by atoms with E-state index < -0.39 is 0 Å². The van der Waals surface area contributed by atoms with Crippen molar-refractivity contribution in [2.45, 2.75) is 39.7 Å². The quantitative estimate of drug-likeness (QED) is 0.693. The van der Waals surface area contributed by atoms with Crippen LogP contribution in [0.15, 0.2) is 47.1 Å². The van der Waals surface area contributed by atoms with Crippen LogP contribution in [0, 0.1) is 13.8 Å². The fourth-order valence-corrected chi connectivity index (χ4v) is 3.95. The first-order chi connectivity index (χ1) is 11.5. The molecule has 24 heavy (non-hydrogen) atoms. The van der Waals surface area contributed by atoms with Gasteiger partial charge in [0.1, 0.15) is 5.58 Å². The number of benzene rings is 2. The molecule has 4 rings (SSSR count). The zero-order valence-electron chi connectivity index (χ0n) is 14.3. The molecule has 1 aliphatic heterocycles. The van der Waals surface area contributed by atoms with Crippen molar-refractivity contribution >= 4 is 22.6 Å². The van der Waals surface area contributed by atoms with Crippen LogP contribution in [-0.2, 0) is 17.6 Å². The zero-order chi connectivity index (χ0) is 16.8. The van der Waals surface area contributed by atoms with Crippen molar-refractivity contribution < 1.29 is 9.21 Å². The second kappa shape index (κ2) is 5.52. The Labute approximate surface area is 141 Å². The molecule has 1 aromatic heterocycles. The third-order valence-electron chi connectivity index (χ3n) is 4.91. The third kappa shape index (κ3) is 2.32. The molecule has 3 heteroatoms. The fraction of sp³-hybridized carbons (Fsp3) is 0.286. The number of hydrogen-bond donors (Lipinski definition) is 0. The Morgan fingerprint density at radius 3 is 2.88 bits per heavy atom. The zero-order valence-corrected chi connectivity index (χ0v) is 14.3. The van der Waals surface area contributed by atoms with Gasteiger partial charge in [0.05, 0.1) is 12.7 Å². The topological polar surface area (TPSA) is 33.5 Å². The highest BCUT2D eigenvalue weighted by molar-refractivity contribution is 5.99. The van der Waals surface area contributed by atoms with Gasteiger partial charge in [-0.05, 0) is 56.0 Å². The Kier molecular flexibility index (Phi) is 3.45. The lowest BCUT2D eigenvalue weighted by Gasteiger charge is -2.22. The lowest BCUT2D eigenvalue weighted by Crippen LogP contribution is -2.36. The summed E-state index contributed by atoms with van der Waals surface area (Å²) in [4.78, 5) is 14.9. The minimum Gasteiger partial charge on any atom is -0.464 e. The second-order valence-electron chi connectivity index (χ2n) is 6.84. The smallest absolute Gasteiger partial charge is 0.231 e. The van der Waals surface area contributed by atoms with Crippen molar-refractivity contribution in [1.82, 2.24) is 0 Å². The predicted molar refractivity (Wildman–Crippen MR) is 96.5 cm³/mol. The maximum Gasteiger partial charge on any atom is 0.231 e. The SMILES string of the molecule is Cc1cc(C)c2c(CC(=O)N3c4ccccc4C[C@@H]3C)coc2c1. The third-order valence-corrected chi connectivity index (χ3v) is 4.91. The molecule has 0 unspecified atom stereocenters. The van der Waals surface area contributed by atoms with Crippen LogP contribution in [0.4, 0.5) is 5.69 Å². The van der Waals surface area contributed by atoms with Gasteiger partial charge < -0.3 is 9.32 Å². The van der Waals surface area contributed by atoms with Crippen LogP contribution in [0.1, 0.15) is 29.2 Å². The molecule has 2 aromatic carbocycles. The van der Waals surface area contributed by atoms with E-state index in [0.29, 0.717) is 6.42 Å². The number of carbonyl (C=O) groups is 1. The van der Waals surface area contributed by atoms with Crippen LogP contribution >= 0.6 is 0 Å². The summed E-state index contributed by atoms with van der Waals surface area (Å²) in [5.41, 5.74) is 6.48. The second-order valence-corrected chi connectivity index (χ2v) is 6.84. The number of fused-ring (bicyclic) bond motifs is 2. The molecule has 0 saturated carbocycles. The Bertz CT molecular complexity index is 938. The van der Waals surface area contributed by atoms with Gasteiger partial charge in [0.15, 0.2) is 0 Å². The summed E-state index contributed by atoms with van der Waals surface area (Å²) in [6.45, 7) is 6.25. The van der Waals surface area contributed by atoms with Crippen molar-refractivity contribution in [3.8, 4) is 0 Å². The summed E-state index contributed by atoms with van der Waals surface area (Å²) in [6, 6.07) is 12.6. The Morgan fingerprint density at radius 2 is 2.04 bits per heavy atom. The Morgan fingerprint density at radius 1 is 1.25 bits per heavy atom. The van der Waals surface area contributed by atoms with E-state index in [1.54, 1.807) is 6.26 Å². The molecule has 0 spiro atoms. The fourth-order valence-electron chi connectivity index (χ4n) is 3.95. The molecule has 2 heterocycles. The van der Waals surface area contributed by atoms with Gasteiger partial charge in [0.2, 0.25) is 5.91 Å². The number of furan rings is 1. The van der Waals surface area contributed by atoms with Crippen LogP contribution in [0.2, 0.25) is 0 Å². The molecule has 0 N–H and O–H groups in total. The molecule has 122 valence electrons. The number of anilines is 1. The van der Waals surface area contributed by atoms with Crippen molar-refractivity contribution in [2.75, 3.05) is 4.90 Å². The van der Waals surface area contributed by atoms with Gasteiger partial charge in [-0.3, -0.25) is 4.79 Å². The molecule has 3 aromatic rings. The summed E-state index contributed by atoms with van der Waals surface area (Å²) in [5, 5.41) is 1.08. The maximum absolute atomic E-state index is 13.0. The maximum atomic E-state index is 13.0. The average Bonchev–Trinajstić information content (AvgIpc) is 3.07. The van der Waals surface area contributed by atoms with Crippen molar-refractivity contribution in [1.29, 1.82) is 0 Å². The van der Waals surface area contributed by atoms with Gasteiger partial charge in [-0.2, -0.15) is 0 Å². The first kappa shape index (κ1) is 15.0. The van der Waals surface area contributed by atoms with Gasteiger partial charge in [0.25, 0.3) is 0 Å². The van der Waals surface area contributed by atoms with Gasteiger partial charge in [-0.1, -0.05) is 24.3 Å². The van der Waals surface area contributed by atoms with E-state index in [1.165, 1.54) is 11.1 Å². The molecular formula is C21H21NO2. The van der Waals surface area contributed by atoms with Gasteiger partial charge in [-0.15, -0.1) is 0 Å². The average molecular weight is 319 g/mol. The number of amides is 1. The lowest BCUT2D eigenvalue weighted by molar-refractivity contribution is -0.118. The molecule has 0 saturated heterocycles. The van der Waals surface area contributed by atoms with E-state index in [4.69, 9.17) is 4.42 Å². The first-order valence-electron chi connectivity index (χ1n) is 8.42. The van der Waals surface area contributed by atoms with Crippen LogP contribution in [-0.4, -0.2) is 11.9 Å². The molecule has 1 amide bonds. The summed E-state index contributed by atoms with van der Waals surface area (Å²) in [6.07, 6.45) is 3.03. The standard InChI is InChI=1S/C21H21NO2/c1-13-8-14(2)21-17(12-24-19(21)9-13)11-20(23)22-15(3)10-16-6-4-5-7-18(16)22/h4-9,12,15H,10-11H2,1-3H3/t15-/m0/s1. The minimum atomic E-state index is 0.134. The van der Waals surface area contributed by atoms with Crippen LogP contribution < -0.4 is 4.90 Å². The number of carbonyl (C=O) groups excluding carboxylic acids is 1. The normalized spacial score (nSPS) is 16.6. The summed E-state index contributed by atoms with van der Waals surface area (Å²) >= 11 is 0. The van der Waals surface area contributed by atoms with E-state index in [9.17, 15) is 4.79 Å². The minimum absolute atomic E-state index is 0.134. The molecule has 0 bridgehead atoms. The highest BCUT2D eigenvalue weighted by atomic mass is 16.3. The summed E-state index contributed by atoms with van der Waals surface area (Å²) in [5.74, 6) is 0.134. The molecule has 0 radical (unpaired) electrons. The van der Waals surface area contributed by atoms with E-state index in [0.717, 1.165) is 34.2 Å². The van der Waals surface area contributed by atoms with Crippen LogP contribution in [0.3, 0.4) is 0 Å². The van der Waals surface area contributed by atoms with Crippen LogP contribution in [0.25, 0.3) is 11.0 Å². The number of aryl methyl sites for hydroxylation is 2. The monoisotopic (exact) mass is 319 g/mol. The number of nitrogens with zero attached hydrogens (tertiary/aromatic N) is 1. The largest absolute Gasteiger partial charge is 0.464 e. The van der Waals surface area contributed by atoms with Crippen LogP contribution in [0.5, 0.6) is 0 Å². The Hall–Kier alpha value is -2.55. The summed E-state index contributed by atoms with van der Waals surface area (Å²) < 4.78 is 5.70. The molecule has 1 aliphatic rings. The Balaban J connectivity index is 1.68. The van der Waals surface area contributed by atoms with Gasteiger partial charge in [-0.25, -0.2) is 0 Å². The van der Waals surface area contributed by atoms with E-state index in [-0.39, 0.29) is 11.9 Å². The predicted octanol–water partition coefficient (Wildman–Crippen LogP) is 4.57. The van der Waals surface area contributed by atoms with Crippen molar-refractivity contribution in [2.24, 2.45) is 0 Å². The van der Waals surface area contributed by atoms with E-state index in [1.807, 2.05) is 29.2 Å². The highest BCUT2D eigenvalue weighted by Gasteiger charge is 2.30. The van der Waals surface area contributed by atoms with E-state index in [2.05, 4.69) is 32.9 Å². The van der Waals surface area contributed by atoms with Crippen molar-refractivity contribution in [3.05, 3.63) is 64.9 Å². The molecule has 0 fully saturated rings. The van der Waals surface area contributed by atoms with Gasteiger partial charge in [0, 0.05) is 22.7 Å².